The number of ether oxygens (including phenoxy) is 1. The Labute approximate surface area is 159 Å². The molecule has 1 aromatic rings. The van der Waals surface area contributed by atoms with Crippen molar-refractivity contribution in [3.63, 3.8) is 0 Å². The number of allylic oxidation sites excluding steroid dienone is 1. The van der Waals surface area contributed by atoms with Crippen molar-refractivity contribution in [1.82, 2.24) is 3.80 Å². The zero-order chi connectivity index (χ0) is 15.2. The van der Waals surface area contributed by atoms with Gasteiger partial charge in [-0.05, 0) is 0 Å². The molecule has 1 aromatic carbocycles. The molecule has 124 valence electrons. The molecule has 1 aliphatic rings. The van der Waals surface area contributed by atoms with Crippen molar-refractivity contribution < 1.29 is 49.0 Å². The maximum atomic E-state index is 5.45. The number of fused-ring (bicyclic) bond motifs is 1. The molecule has 0 radical (unpaired) electrons. The second-order valence-corrected chi connectivity index (χ2v) is 9.25. The molecule has 0 bridgehead atoms. The van der Waals surface area contributed by atoms with E-state index in [1.807, 2.05) is 0 Å². The maximum Gasteiger partial charge on any atom is 0.0135 e. The van der Waals surface area contributed by atoms with Gasteiger partial charge in [0, 0.05) is 9.52 Å². The van der Waals surface area contributed by atoms with Crippen LogP contribution in [0.1, 0.15) is 36.1 Å². The van der Waals surface area contributed by atoms with Gasteiger partial charge in [-0.3, -0.25) is 0 Å². The van der Waals surface area contributed by atoms with Gasteiger partial charge in [0.15, 0.2) is 0 Å². The first-order chi connectivity index (χ1) is 9.42. The van der Waals surface area contributed by atoms with Crippen LogP contribution >= 0.6 is 0 Å². The van der Waals surface area contributed by atoms with Gasteiger partial charge in [0.25, 0.3) is 0 Å². The molecule has 1 unspecified atom stereocenters. The second-order valence-electron chi connectivity index (χ2n) is 6.03. The number of benzene rings is 1. The van der Waals surface area contributed by atoms with Gasteiger partial charge in [0.1, 0.15) is 0 Å². The molecule has 2 nitrogen and oxygen atoms in total. The number of methoxy groups -OCH3 is 1. The molecule has 0 saturated heterocycles. The summed E-state index contributed by atoms with van der Waals surface area (Å²) in [4.78, 5) is 0. The van der Waals surface area contributed by atoms with Crippen molar-refractivity contribution in [2.75, 3.05) is 7.11 Å². The van der Waals surface area contributed by atoms with Gasteiger partial charge < -0.3 is 24.8 Å². The van der Waals surface area contributed by atoms with Gasteiger partial charge >= 0.3 is 113 Å². The number of hydrogen-bond donors (Lipinski definition) is 1. The van der Waals surface area contributed by atoms with Crippen molar-refractivity contribution in [3.05, 3.63) is 41.5 Å². The summed E-state index contributed by atoms with van der Waals surface area (Å²) in [5, 5.41) is 0. The predicted molar refractivity (Wildman–Crippen MR) is 87.3 cm³/mol. The Bertz CT molecular complexity index is 464. The van der Waals surface area contributed by atoms with Crippen LogP contribution in [0.3, 0.4) is 0 Å². The van der Waals surface area contributed by atoms with E-state index in [1.165, 1.54) is 11.1 Å². The standard InChI is InChI=1S/C10H9O.C4H10N.C2H8Si.2ClH.Ti/c1-11-10-7-6-8-4-2-3-5-9(8)10;1-4(2,3)5;1-3-2;;;/h2-7H,1H3;5H,1-3H3;3H2,1-2H3;2*1H;/q;-1;;;;+3/p-2. The molecule has 22 heavy (non-hydrogen) atoms. The first kappa shape index (κ1) is 24.5. The fourth-order valence-electron chi connectivity index (χ4n) is 1.92. The Morgan fingerprint density at radius 1 is 1.14 bits per heavy atom. The molecule has 0 fully saturated rings. The molecule has 2 rings (SSSR count). The summed E-state index contributed by atoms with van der Waals surface area (Å²) in [5.74, 6) is 1.03. The summed E-state index contributed by atoms with van der Waals surface area (Å²) in [6.07, 6.45) is 2.27. The Morgan fingerprint density at radius 3 is 2.18 bits per heavy atom. The molecule has 0 amide bonds. The maximum absolute atomic E-state index is 5.45. The molecule has 0 saturated carbocycles. The van der Waals surface area contributed by atoms with Crippen molar-refractivity contribution >= 4 is 15.3 Å². The summed E-state index contributed by atoms with van der Waals surface area (Å²) in [6.45, 7) is 11.2. The smallest absolute Gasteiger partial charge is 0.0135 e. The summed E-state index contributed by atoms with van der Waals surface area (Å²) >= 11 is -0.240. The van der Waals surface area contributed by atoms with E-state index in [0.29, 0.717) is 13.7 Å². The Kier molecular flexibility index (Phi) is 13.0. The third-order valence-electron chi connectivity index (χ3n) is 2.70. The van der Waals surface area contributed by atoms with Crippen LogP contribution in [0, 0.1) is 0 Å². The van der Waals surface area contributed by atoms with Gasteiger partial charge in [-0.15, -0.1) is 0 Å². The van der Waals surface area contributed by atoms with Crippen molar-refractivity contribution in [2.24, 2.45) is 0 Å². The number of rotatable bonds is 3. The molecule has 0 spiro atoms. The van der Waals surface area contributed by atoms with Gasteiger partial charge in [-0.1, -0.05) is 13.1 Å². The zero-order valence-electron chi connectivity index (χ0n) is 14.3. The minimum Gasteiger partial charge on any atom is -1.00 e. The van der Waals surface area contributed by atoms with E-state index in [9.17, 15) is 0 Å². The van der Waals surface area contributed by atoms with E-state index in [0.717, 1.165) is 5.76 Å². The summed E-state index contributed by atoms with van der Waals surface area (Å²) in [7, 11) is 2.17. The molecule has 6 heteroatoms. The summed E-state index contributed by atoms with van der Waals surface area (Å²) in [5.41, 5.74) is 2.89. The van der Waals surface area contributed by atoms with Crippen molar-refractivity contribution in [1.29, 1.82) is 0 Å². The van der Waals surface area contributed by atoms with E-state index in [4.69, 9.17) is 4.74 Å². The molecular formula is C16H27Cl2NOSiTi. The van der Waals surface area contributed by atoms with Crippen LogP contribution in [-0.2, 0) is 24.1 Å². The molecule has 1 atom stereocenters. The van der Waals surface area contributed by atoms with Gasteiger partial charge in [-0.25, -0.2) is 0 Å². The van der Waals surface area contributed by atoms with E-state index in [1.54, 1.807) is 7.11 Å². The SMILES string of the molecule is COC1=C[CH]([Ti+2][NH]C(C)(C)C)c2ccccc21.C[SiH2]C.[Cl-].[Cl-]. The minimum absolute atomic E-state index is 0. The average Bonchev–Trinajstić information content (AvgIpc) is 2.75. The first-order valence-corrected chi connectivity index (χ1v) is 11.8. The minimum atomic E-state index is -0.240. The first-order valence-electron chi connectivity index (χ1n) is 7.30. The summed E-state index contributed by atoms with van der Waals surface area (Å²) < 4.78 is 9.67. The van der Waals surface area contributed by atoms with Crippen LogP contribution in [0.25, 0.3) is 5.76 Å². The van der Waals surface area contributed by atoms with Crippen LogP contribution in [0.4, 0.5) is 0 Å². The largest absolute Gasteiger partial charge is 1.00 e. The molecule has 0 aliphatic heterocycles. The Hall–Kier alpha value is 0.231. The average molecular weight is 396 g/mol. The monoisotopic (exact) mass is 395 g/mol. The fourth-order valence-corrected chi connectivity index (χ4v) is 3.84. The van der Waals surface area contributed by atoms with E-state index >= 15 is 0 Å². The quantitative estimate of drug-likeness (QED) is 0.565. The van der Waals surface area contributed by atoms with Crippen LogP contribution in [0.5, 0.6) is 0 Å². The van der Waals surface area contributed by atoms with Crippen LogP contribution in [0.15, 0.2) is 30.3 Å². The number of hydrogen-bond acceptors (Lipinski definition) is 2. The van der Waals surface area contributed by atoms with Gasteiger partial charge in [-0.2, -0.15) is 0 Å². The van der Waals surface area contributed by atoms with Crippen LogP contribution < -0.4 is 28.6 Å². The van der Waals surface area contributed by atoms with E-state index in [-0.39, 0.29) is 49.8 Å². The van der Waals surface area contributed by atoms with E-state index < -0.39 is 0 Å². The Balaban J connectivity index is 0. The van der Waals surface area contributed by atoms with Crippen LogP contribution in [-0.4, -0.2) is 22.2 Å². The third kappa shape index (κ3) is 7.67. The molecule has 0 aromatic heterocycles. The zero-order valence-corrected chi connectivity index (χ0v) is 18.8. The van der Waals surface area contributed by atoms with Gasteiger partial charge in [0.05, 0.1) is 0 Å². The van der Waals surface area contributed by atoms with Gasteiger partial charge in [0.2, 0.25) is 0 Å². The number of nitrogens with one attached hydrogen (secondary N) is 1. The normalized spacial score (nSPS) is 15.0. The fraction of sp³-hybridized carbons (Fsp3) is 0.500. The van der Waals surface area contributed by atoms with Crippen molar-refractivity contribution in [3.8, 4) is 0 Å². The Morgan fingerprint density at radius 2 is 1.68 bits per heavy atom. The molecular weight excluding hydrogens is 369 g/mol. The molecule has 0 heterocycles. The second kappa shape index (κ2) is 11.7. The number of halogens is 2. The molecule has 1 N–H and O–H groups in total. The molecule has 1 aliphatic carbocycles. The summed E-state index contributed by atoms with van der Waals surface area (Å²) in [6, 6.07) is 8.55. The van der Waals surface area contributed by atoms with Crippen molar-refractivity contribution in [2.45, 2.75) is 43.6 Å². The third-order valence-corrected chi connectivity index (χ3v) is 5.33. The predicted octanol–water partition coefficient (Wildman–Crippen LogP) is -2.63. The van der Waals surface area contributed by atoms with Crippen LogP contribution in [0.2, 0.25) is 13.1 Å². The van der Waals surface area contributed by atoms with E-state index in [2.05, 4.69) is 68.0 Å². The topological polar surface area (TPSA) is 21.3 Å².